The summed E-state index contributed by atoms with van der Waals surface area (Å²) in [4.78, 5) is 40.2. The highest BCUT2D eigenvalue weighted by Gasteiger charge is 2.46. The third-order valence-electron chi connectivity index (χ3n) is 2.83. The zero-order valence-electron chi connectivity index (χ0n) is 9.94. The van der Waals surface area contributed by atoms with E-state index >= 15 is 0 Å². The van der Waals surface area contributed by atoms with Gasteiger partial charge in [-0.05, 0) is 10.0 Å². The number of hydrazine groups is 3. The monoisotopic (exact) mass is 299 g/mol. The van der Waals surface area contributed by atoms with Gasteiger partial charge >= 0.3 is 0 Å². The fraction of sp³-hybridized carbons (Fsp3) is 0.333. The molecule has 21 heavy (non-hydrogen) atoms. The number of rotatable bonds is 3. The topological polar surface area (TPSA) is 177 Å². The largest absolute Gasteiger partial charge is 0.344 e. The Hall–Kier alpha value is -3.52. The molecule has 0 aromatic carbocycles. The van der Waals surface area contributed by atoms with E-state index in [2.05, 4.69) is 15.3 Å². The van der Waals surface area contributed by atoms with Gasteiger partial charge in [0, 0.05) is 0 Å². The van der Waals surface area contributed by atoms with Crippen molar-refractivity contribution in [1.82, 2.24) is 9.97 Å². The highest BCUT2D eigenvalue weighted by atomic mass is 16.7. The van der Waals surface area contributed by atoms with Crippen LogP contribution in [0.2, 0.25) is 0 Å². The van der Waals surface area contributed by atoms with Crippen LogP contribution in [0.5, 0.6) is 0 Å². The summed E-state index contributed by atoms with van der Waals surface area (Å²) in [5.74, 6) is -1.07. The highest BCUT2D eigenvalue weighted by molar-refractivity contribution is 5.75. The van der Waals surface area contributed by atoms with Crippen LogP contribution in [0.15, 0.2) is 0 Å². The average molecular weight is 299 g/mol. The lowest BCUT2D eigenvalue weighted by molar-refractivity contribution is -0.520. The first-order valence-corrected chi connectivity index (χ1v) is 5.31. The molecule has 2 aliphatic heterocycles. The van der Waals surface area contributed by atoms with E-state index in [0.717, 1.165) is 0 Å². The lowest BCUT2D eigenvalue weighted by Crippen LogP contribution is -2.38. The van der Waals surface area contributed by atoms with Crippen molar-refractivity contribution in [3.63, 3.8) is 0 Å². The number of nitrogens with zero attached hydrogens (tertiary/aromatic N) is 8. The second kappa shape index (κ2) is 3.99. The second-order valence-corrected chi connectivity index (χ2v) is 3.93. The second-order valence-electron chi connectivity index (χ2n) is 3.93. The predicted molar refractivity (Wildman–Crippen MR) is 63.8 cm³/mol. The summed E-state index contributed by atoms with van der Waals surface area (Å²) < 4.78 is 0. The number of hydrogen-bond acceptors (Lipinski definition) is 9. The Balaban J connectivity index is 2.14. The van der Waals surface area contributed by atoms with Gasteiger partial charge in [-0.3, -0.25) is 0 Å². The van der Waals surface area contributed by atoms with Gasteiger partial charge in [-0.1, -0.05) is 5.01 Å². The Kier molecular flexibility index (Phi) is 2.37. The summed E-state index contributed by atoms with van der Waals surface area (Å²) in [6, 6.07) is 0. The molecule has 0 saturated heterocycles. The van der Waals surface area contributed by atoms with E-state index in [4.69, 9.17) is 0 Å². The van der Waals surface area contributed by atoms with E-state index in [0.29, 0.717) is 15.0 Å². The molecule has 3 rings (SSSR count). The summed E-state index contributed by atoms with van der Waals surface area (Å²) in [6.07, 6.45) is 0. The molecule has 110 valence electrons. The standard InChI is InChI=1S/C6H5N9O6/c16-13(17)10-1-7-3-4(10)9-6-5(8-3)11(14(18)19)2-12(6)15(20)21/h1-2H2,(H,7,8). The van der Waals surface area contributed by atoms with Crippen LogP contribution in [-0.2, 0) is 0 Å². The summed E-state index contributed by atoms with van der Waals surface area (Å²) in [7, 11) is 0. The summed E-state index contributed by atoms with van der Waals surface area (Å²) in [5.41, 5.74) is 0. The fourth-order valence-corrected chi connectivity index (χ4v) is 1.93. The molecule has 0 bridgehead atoms. The number of aromatic nitrogens is 2. The maximum atomic E-state index is 10.9. The predicted octanol–water partition coefficient (Wildman–Crippen LogP) is -1.18. The maximum absolute atomic E-state index is 10.9. The van der Waals surface area contributed by atoms with E-state index in [9.17, 15) is 30.3 Å². The smallest absolute Gasteiger partial charge is 0.247 e. The lowest BCUT2D eigenvalue weighted by Gasteiger charge is -2.06. The molecule has 3 heterocycles. The molecule has 0 aliphatic carbocycles. The van der Waals surface area contributed by atoms with Crippen LogP contribution < -0.4 is 20.3 Å². The van der Waals surface area contributed by atoms with E-state index in [-0.39, 0.29) is 24.1 Å². The first kappa shape index (κ1) is 12.5. The molecule has 0 radical (unpaired) electrons. The normalized spacial score (nSPS) is 15.5. The molecule has 15 nitrogen and oxygen atoms in total. The zero-order chi connectivity index (χ0) is 15.3. The van der Waals surface area contributed by atoms with Crippen molar-refractivity contribution < 1.29 is 15.1 Å². The van der Waals surface area contributed by atoms with Crippen molar-refractivity contribution in [2.45, 2.75) is 0 Å². The molecule has 0 fully saturated rings. The van der Waals surface area contributed by atoms with Crippen LogP contribution >= 0.6 is 0 Å². The first-order valence-electron chi connectivity index (χ1n) is 5.31. The van der Waals surface area contributed by atoms with Gasteiger partial charge in [0.25, 0.3) is 0 Å². The van der Waals surface area contributed by atoms with Gasteiger partial charge in [-0.2, -0.15) is 4.98 Å². The van der Waals surface area contributed by atoms with Gasteiger partial charge in [-0.25, -0.2) is 35.3 Å². The minimum atomic E-state index is -0.901. The number of hydrogen-bond donors (Lipinski definition) is 1. The Morgan fingerprint density at radius 1 is 0.857 bits per heavy atom. The van der Waals surface area contributed by atoms with Gasteiger partial charge in [0.15, 0.2) is 27.6 Å². The van der Waals surface area contributed by atoms with Gasteiger partial charge < -0.3 is 5.32 Å². The van der Waals surface area contributed by atoms with E-state index in [1.165, 1.54) is 0 Å². The van der Waals surface area contributed by atoms with Crippen LogP contribution in [0.4, 0.5) is 23.3 Å². The van der Waals surface area contributed by atoms with Crippen LogP contribution in [0.25, 0.3) is 0 Å². The summed E-state index contributed by atoms with van der Waals surface area (Å²) in [5, 5.41) is 34.0. The number of anilines is 4. The Morgan fingerprint density at radius 3 is 1.90 bits per heavy atom. The molecule has 1 N–H and O–H groups in total. The van der Waals surface area contributed by atoms with Gasteiger partial charge in [0.2, 0.25) is 24.1 Å². The van der Waals surface area contributed by atoms with E-state index in [1.807, 2.05) is 0 Å². The molecular formula is C6H5N9O6. The first-order chi connectivity index (χ1) is 9.90. The quantitative estimate of drug-likeness (QED) is 0.522. The minimum Gasteiger partial charge on any atom is -0.344 e. The molecule has 2 aliphatic rings. The molecule has 1 aromatic rings. The van der Waals surface area contributed by atoms with E-state index < -0.39 is 27.6 Å². The van der Waals surface area contributed by atoms with Crippen LogP contribution in [0, 0.1) is 30.3 Å². The molecule has 0 spiro atoms. The third-order valence-corrected chi connectivity index (χ3v) is 2.83. The summed E-state index contributed by atoms with van der Waals surface area (Å²) in [6.45, 7) is -0.946. The highest BCUT2D eigenvalue weighted by Crippen LogP contribution is 2.39. The minimum absolute atomic E-state index is 0.0532. The molecule has 0 saturated carbocycles. The van der Waals surface area contributed by atoms with Crippen LogP contribution in [-0.4, -0.2) is 38.4 Å². The lowest BCUT2D eigenvalue weighted by atomic mass is 10.5. The summed E-state index contributed by atoms with van der Waals surface area (Å²) >= 11 is 0. The van der Waals surface area contributed by atoms with Crippen molar-refractivity contribution in [2.24, 2.45) is 0 Å². The zero-order valence-corrected chi connectivity index (χ0v) is 9.94. The van der Waals surface area contributed by atoms with Crippen molar-refractivity contribution in [3.8, 4) is 0 Å². The SMILES string of the molecule is O=[N+]([O-])N1CNc2nc3c(nc21)N([N+](=O)[O-])CN3[N+](=O)[O-]. The Morgan fingerprint density at radius 2 is 1.38 bits per heavy atom. The number of fused-ring (bicyclic) bond motifs is 2. The van der Waals surface area contributed by atoms with Crippen molar-refractivity contribution in [1.29, 1.82) is 0 Å². The van der Waals surface area contributed by atoms with Crippen LogP contribution in [0.3, 0.4) is 0 Å². The molecule has 1 aromatic heterocycles. The molecule has 0 amide bonds. The molecular weight excluding hydrogens is 294 g/mol. The average Bonchev–Trinajstić information content (AvgIpc) is 2.96. The Bertz CT molecular complexity index is 677. The number of nitro groups is 3. The van der Waals surface area contributed by atoms with Gasteiger partial charge in [-0.15, -0.1) is 0 Å². The van der Waals surface area contributed by atoms with Crippen molar-refractivity contribution in [2.75, 3.05) is 33.7 Å². The molecule has 0 unspecified atom stereocenters. The van der Waals surface area contributed by atoms with Gasteiger partial charge in [0.1, 0.15) is 0 Å². The van der Waals surface area contributed by atoms with Crippen molar-refractivity contribution >= 4 is 23.3 Å². The maximum Gasteiger partial charge on any atom is 0.247 e. The fourth-order valence-electron chi connectivity index (χ4n) is 1.93. The molecule has 0 atom stereocenters. The third kappa shape index (κ3) is 1.67. The van der Waals surface area contributed by atoms with E-state index in [1.54, 1.807) is 0 Å². The van der Waals surface area contributed by atoms with Gasteiger partial charge in [0.05, 0.1) is 0 Å². The molecule has 15 heteroatoms. The Labute approximate surface area is 113 Å². The van der Waals surface area contributed by atoms with Crippen LogP contribution in [0.1, 0.15) is 0 Å². The number of nitrogens with one attached hydrogen (secondary N) is 1. The van der Waals surface area contributed by atoms with Crippen molar-refractivity contribution in [3.05, 3.63) is 30.3 Å².